The summed E-state index contributed by atoms with van der Waals surface area (Å²) in [6.07, 6.45) is 4.31. The van der Waals surface area contributed by atoms with Crippen molar-refractivity contribution >= 4 is 23.5 Å². The van der Waals surface area contributed by atoms with Crippen LogP contribution in [-0.4, -0.2) is 43.4 Å². The first kappa shape index (κ1) is 20.5. The number of aromatic amines is 1. The first-order chi connectivity index (χ1) is 14.0. The van der Waals surface area contributed by atoms with E-state index in [9.17, 15) is 14.4 Å². The van der Waals surface area contributed by atoms with Gasteiger partial charge in [-0.05, 0) is 43.9 Å². The van der Waals surface area contributed by atoms with Gasteiger partial charge in [-0.25, -0.2) is 9.78 Å². The van der Waals surface area contributed by atoms with Gasteiger partial charge in [-0.2, -0.15) is 0 Å². The summed E-state index contributed by atoms with van der Waals surface area (Å²) in [5.74, 6) is -0.512. The van der Waals surface area contributed by atoms with Gasteiger partial charge < -0.3 is 10.1 Å². The smallest absolute Gasteiger partial charge is 0.347 e. The molecule has 1 fully saturated rings. The molecule has 1 aromatic heterocycles. The van der Waals surface area contributed by atoms with Crippen molar-refractivity contribution in [2.24, 2.45) is 0 Å². The number of hydrogen-bond donors (Lipinski definition) is 1. The average molecular weight is 396 g/mol. The van der Waals surface area contributed by atoms with Crippen LogP contribution in [0.25, 0.3) is 0 Å². The summed E-state index contributed by atoms with van der Waals surface area (Å²) >= 11 is 0. The number of nitrogens with zero attached hydrogens (tertiary/aromatic N) is 1. The van der Waals surface area contributed by atoms with Gasteiger partial charge in [0, 0.05) is 0 Å². The van der Waals surface area contributed by atoms with Crippen LogP contribution in [-0.2, 0) is 20.7 Å². The van der Waals surface area contributed by atoms with Gasteiger partial charge in [-0.3, -0.25) is 14.5 Å². The van der Waals surface area contributed by atoms with Gasteiger partial charge in [0.2, 0.25) is 0 Å². The SMILES string of the molecule is CC(=O)[C@@H](Cc1ccccc1)NC(=O)COC(=O)c1ccc[nH+]c1N1CCCC1. The Bertz CT molecular complexity index is 863. The molecule has 29 heavy (non-hydrogen) atoms. The first-order valence-corrected chi connectivity index (χ1v) is 9.81. The second-order valence-corrected chi connectivity index (χ2v) is 7.12. The molecule has 3 rings (SSSR count). The molecule has 1 atom stereocenters. The zero-order valence-corrected chi connectivity index (χ0v) is 16.5. The number of hydrogen-bond acceptors (Lipinski definition) is 5. The van der Waals surface area contributed by atoms with Gasteiger partial charge in [-0.15, -0.1) is 0 Å². The molecule has 1 amide bonds. The number of rotatable bonds is 8. The quantitative estimate of drug-likeness (QED) is 0.684. The highest BCUT2D eigenvalue weighted by atomic mass is 16.5. The number of ketones is 1. The maximum absolute atomic E-state index is 12.5. The zero-order valence-electron chi connectivity index (χ0n) is 16.5. The Morgan fingerprint density at radius 1 is 1.10 bits per heavy atom. The number of esters is 1. The molecule has 0 spiro atoms. The van der Waals surface area contributed by atoms with E-state index in [2.05, 4.69) is 15.2 Å². The van der Waals surface area contributed by atoms with Crippen molar-refractivity contribution in [1.82, 2.24) is 5.32 Å². The van der Waals surface area contributed by atoms with E-state index in [0.29, 0.717) is 17.8 Å². The number of amides is 1. The number of aromatic nitrogens is 1. The highest BCUT2D eigenvalue weighted by Crippen LogP contribution is 2.20. The summed E-state index contributed by atoms with van der Waals surface area (Å²) in [6, 6.07) is 12.2. The molecule has 0 aliphatic carbocycles. The van der Waals surface area contributed by atoms with Crippen molar-refractivity contribution < 1.29 is 24.1 Å². The second-order valence-electron chi connectivity index (χ2n) is 7.12. The number of anilines is 1. The number of H-pyrrole nitrogens is 1. The summed E-state index contributed by atoms with van der Waals surface area (Å²) in [6.45, 7) is 2.75. The van der Waals surface area contributed by atoms with Crippen molar-refractivity contribution in [2.45, 2.75) is 32.2 Å². The van der Waals surface area contributed by atoms with E-state index in [4.69, 9.17) is 4.74 Å². The van der Waals surface area contributed by atoms with E-state index < -0.39 is 24.5 Å². The minimum absolute atomic E-state index is 0.150. The number of ether oxygens (including phenoxy) is 1. The third-order valence-corrected chi connectivity index (χ3v) is 4.92. The Labute approximate surface area is 170 Å². The molecule has 152 valence electrons. The first-order valence-electron chi connectivity index (χ1n) is 9.81. The van der Waals surface area contributed by atoms with E-state index in [1.807, 2.05) is 30.3 Å². The molecule has 0 radical (unpaired) electrons. The third-order valence-electron chi connectivity index (χ3n) is 4.92. The number of pyridine rings is 1. The number of carbonyl (C=O) groups is 3. The molecule has 7 nitrogen and oxygen atoms in total. The van der Waals surface area contributed by atoms with Crippen LogP contribution >= 0.6 is 0 Å². The van der Waals surface area contributed by atoms with Gasteiger partial charge in [0.05, 0.1) is 25.3 Å². The lowest BCUT2D eigenvalue weighted by Crippen LogP contribution is -2.43. The number of Topliss-reactive ketones (excluding diaryl/α,β-unsaturated/α-hetero) is 1. The molecule has 1 aliphatic rings. The lowest BCUT2D eigenvalue weighted by molar-refractivity contribution is -0.364. The van der Waals surface area contributed by atoms with E-state index in [1.54, 1.807) is 18.3 Å². The molecule has 0 bridgehead atoms. The minimum atomic E-state index is -0.658. The minimum Gasteiger partial charge on any atom is -0.452 e. The normalized spacial score (nSPS) is 14.3. The van der Waals surface area contributed by atoms with Crippen LogP contribution in [0.3, 0.4) is 0 Å². The van der Waals surface area contributed by atoms with Crippen LogP contribution in [0.1, 0.15) is 35.7 Å². The maximum atomic E-state index is 12.5. The molecule has 7 heteroatoms. The molecule has 1 aromatic carbocycles. The summed E-state index contributed by atoms with van der Waals surface area (Å²) in [7, 11) is 0. The van der Waals surface area contributed by atoms with Gasteiger partial charge in [0.1, 0.15) is 5.56 Å². The maximum Gasteiger partial charge on any atom is 0.347 e. The van der Waals surface area contributed by atoms with Crippen LogP contribution in [0, 0.1) is 0 Å². The highest BCUT2D eigenvalue weighted by molar-refractivity contribution is 5.95. The average Bonchev–Trinajstić information content (AvgIpc) is 3.27. The van der Waals surface area contributed by atoms with Gasteiger partial charge in [0.15, 0.2) is 12.4 Å². The standard InChI is InChI=1S/C22H25N3O4/c1-16(26)19(14-17-8-3-2-4-9-17)24-20(27)15-29-22(28)18-10-7-11-23-21(18)25-12-5-6-13-25/h2-4,7-11,19H,5-6,12-15H2,1H3,(H,24,27)/p+1/t19-/m1/s1. The summed E-state index contributed by atoms with van der Waals surface area (Å²) in [4.78, 5) is 41.9. The second kappa shape index (κ2) is 9.82. The third kappa shape index (κ3) is 5.63. The topological polar surface area (TPSA) is 89.8 Å². The van der Waals surface area contributed by atoms with E-state index >= 15 is 0 Å². The Morgan fingerprint density at radius 3 is 2.52 bits per heavy atom. The van der Waals surface area contributed by atoms with Crippen LogP contribution in [0.2, 0.25) is 0 Å². The molecule has 1 aliphatic heterocycles. The fourth-order valence-electron chi connectivity index (χ4n) is 3.39. The Balaban J connectivity index is 1.57. The predicted octanol–water partition coefficient (Wildman–Crippen LogP) is 1.57. The zero-order chi connectivity index (χ0) is 20.6. The Morgan fingerprint density at radius 2 is 1.83 bits per heavy atom. The van der Waals surface area contributed by atoms with Gasteiger partial charge in [0.25, 0.3) is 11.7 Å². The van der Waals surface area contributed by atoms with E-state index in [1.165, 1.54) is 6.92 Å². The van der Waals surface area contributed by atoms with Crippen molar-refractivity contribution in [3.05, 3.63) is 59.8 Å². The lowest BCUT2D eigenvalue weighted by atomic mass is 10.0. The highest BCUT2D eigenvalue weighted by Gasteiger charge is 2.28. The van der Waals surface area contributed by atoms with Crippen molar-refractivity contribution in [3.8, 4) is 0 Å². The number of nitrogens with one attached hydrogen (secondary N) is 2. The van der Waals surface area contributed by atoms with Crippen molar-refractivity contribution in [1.29, 1.82) is 0 Å². The molecule has 2 heterocycles. The number of carbonyl (C=O) groups excluding carboxylic acids is 3. The molecule has 1 saturated heterocycles. The molecule has 2 aromatic rings. The van der Waals surface area contributed by atoms with Crippen LogP contribution in [0.4, 0.5) is 5.82 Å². The van der Waals surface area contributed by atoms with Gasteiger partial charge in [-0.1, -0.05) is 30.3 Å². The van der Waals surface area contributed by atoms with Gasteiger partial charge >= 0.3 is 5.97 Å². The van der Waals surface area contributed by atoms with Crippen LogP contribution < -0.4 is 15.2 Å². The molecule has 0 unspecified atom stereocenters. The number of benzene rings is 1. The van der Waals surface area contributed by atoms with E-state index in [-0.39, 0.29) is 5.78 Å². The summed E-state index contributed by atoms with van der Waals surface area (Å²) < 4.78 is 5.21. The molecular weight excluding hydrogens is 370 g/mol. The fraction of sp³-hybridized carbons (Fsp3) is 0.364. The molecular formula is C22H26N3O4+. The lowest BCUT2D eigenvalue weighted by Gasteiger charge is -2.16. The molecule has 2 N–H and O–H groups in total. The van der Waals surface area contributed by atoms with Crippen LogP contribution in [0.15, 0.2) is 48.7 Å². The van der Waals surface area contributed by atoms with Crippen molar-refractivity contribution in [3.63, 3.8) is 0 Å². The van der Waals surface area contributed by atoms with E-state index in [0.717, 1.165) is 31.5 Å². The summed E-state index contributed by atoms with van der Waals surface area (Å²) in [5.41, 5.74) is 1.34. The monoisotopic (exact) mass is 396 g/mol. The Hall–Kier alpha value is -3.22. The fourth-order valence-corrected chi connectivity index (χ4v) is 3.39. The predicted molar refractivity (Wildman–Crippen MR) is 107 cm³/mol. The molecule has 0 saturated carbocycles. The summed E-state index contributed by atoms with van der Waals surface area (Å²) in [5, 5.41) is 2.66. The van der Waals surface area contributed by atoms with Crippen LogP contribution in [0.5, 0.6) is 0 Å². The Kier molecular flexibility index (Phi) is 6.94. The largest absolute Gasteiger partial charge is 0.452 e. The van der Waals surface area contributed by atoms with Crippen molar-refractivity contribution in [2.75, 3.05) is 24.6 Å².